The number of aromatic nitrogens is 2. The van der Waals surface area contributed by atoms with Crippen molar-refractivity contribution in [3.63, 3.8) is 0 Å². The average Bonchev–Trinajstić information content (AvgIpc) is 2.43. The third-order valence-electron chi connectivity index (χ3n) is 2.48. The van der Waals surface area contributed by atoms with Crippen LogP contribution in [-0.4, -0.2) is 28.0 Å². The van der Waals surface area contributed by atoms with E-state index in [0.717, 1.165) is 19.5 Å². The fraction of sp³-hybridized carbons (Fsp3) is 0.667. The molecule has 0 bridgehead atoms. The smallest absolute Gasteiger partial charge is 0.153 e. The summed E-state index contributed by atoms with van der Waals surface area (Å²) in [5.74, 6) is 0.254. The summed E-state index contributed by atoms with van der Waals surface area (Å²) in [6.07, 6.45) is 6.80. The quantitative estimate of drug-likeness (QED) is 0.677. The van der Waals surface area contributed by atoms with Crippen LogP contribution in [0.3, 0.4) is 0 Å². The van der Waals surface area contributed by atoms with Gasteiger partial charge in [0.25, 0.3) is 0 Å². The lowest BCUT2D eigenvalue weighted by atomic mass is 10.1. The summed E-state index contributed by atoms with van der Waals surface area (Å²) in [6.45, 7) is 2.06. The van der Waals surface area contributed by atoms with Gasteiger partial charge in [0.15, 0.2) is 5.75 Å². The van der Waals surface area contributed by atoms with E-state index >= 15 is 0 Å². The van der Waals surface area contributed by atoms with Crippen molar-refractivity contribution in [1.82, 2.24) is 15.1 Å². The Morgan fingerprint density at radius 3 is 3.23 bits per heavy atom. The van der Waals surface area contributed by atoms with Gasteiger partial charge < -0.3 is 10.4 Å². The Morgan fingerprint density at radius 1 is 1.54 bits per heavy atom. The van der Waals surface area contributed by atoms with Gasteiger partial charge in [0.05, 0.1) is 18.4 Å². The predicted octanol–water partition coefficient (Wildman–Crippen LogP) is 0.903. The van der Waals surface area contributed by atoms with Crippen molar-refractivity contribution in [3.8, 4) is 5.75 Å². The molecule has 1 fully saturated rings. The second-order valence-electron chi connectivity index (χ2n) is 3.53. The van der Waals surface area contributed by atoms with Crippen LogP contribution in [0.25, 0.3) is 0 Å². The minimum absolute atomic E-state index is 0.254. The summed E-state index contributed by atoms with van der Waals surface area (Å²) in [7, 11) is 0. The van der Waals surface area contributed by atoms with Gasteiger partial charge in [0.2, 0.25) is 0 Å². The number of aromatic hydroxyl groups is 1. The van der Waals surface area contributed by atoms with Crippen LogP contribution in [0.1, 0.15) is 25.3 Å². The van der Waals surface area contributed by atoms with E-state index in [9.17, 15) is 0 Å². The number of hydrogen-bond donors (Lipinski definition) is 2. The van der Waals surface area contributed by atoms with E-state index in [-0.39, 0.29) is 5.75 Å². The fourth-order valence-corrected chi connectivity index (χ4v) is 1.75. The molecule has 1 unspecified atom stereocenters. The number of hydrogen-bond acceptors (Lipinski definition) is 3. The predicted molar refractivity (Wildman–Crippen MR) is 49.6 cm³/mol. The Morgan fingerprint density at radius 2 is 2.46 bits per heavy atom. The van der Waals surface area contributed by atoms with E-state index in [1.165, 1.54) is 19.0 Å². The summed E-state index contributed by atoms with van der Waals surface area (Å²) < 4.78 is 1.85. The van der Waals surface area contributed by atoms with Crippen molar-refractivity contribution in [2.24, 2.45) is 0 Å². The average molecular weight is 181 g/mol. The molecule has 2 rings (SSSR count). The molecule has 13 heavy (non-hydrogen) atoms. The Hall–Kier alpha value is -1.03. The van der Waals surface area contributed by atoms with Gasteiger partial charge in [-0.2, -0.15) is 5.10 Å². The Labute approximate surface area is 77.6 Å². The van der Waals surface area contributed by atoms with E-state index in [2.05, 4.69) is 10.4 Å². The van der Waals surface area contributed by atoms with Crippen LogP contribution < -0.4 is 5.32 Å². The van der Waals surface area contributed by atoms with Crippen molar-refractivity contribution in [3.05, 3.63) is 12.4 Å². The van der Waals surface area contributed by atoms with Crippen LogP contribution in [0, 0.1) is 0 Å². The molecule has 0 spiro atoms. The normalized spacial score (nSPS) is 24.2. The lowest BCUT2D eigenvalue weighted by Gasteiger charge is -2.13. The summed E-state index contributed by atoms with van der Waals surface area (Å²) in [4.78, 5) is 0. The molecule has 1 aliphatic heterocycles. The molecule has 0 saturated carbocycles. The minimum atomic E-state index is 0.254. The first-order chi connectivity index (χ1) is 6.36. The minimum Gasteiger partial charge on any atom is -0.505 e. The molecular formula is C9H15N3O. The highest BCUT2D eigenvalue weighted by Crippen LogP contribution is 2.18. The van der Waals surface area contributed by atoms with Gasteiger partial charge in [0, 0.05) is 6.54 Å². The van der Waals surface area contributed by atoms with Gasteiger partial charge >= 0.3 is 0 Å². The SMILES string of the molecule is Oc1cnn(C2CCCCNC2)c1. The highest BCUT2D eigenvalue weighted by atomic mass is 16.3. The van der Waals surface area contributed by atoms with Gasteiger partial charge in [-0.3, -0.25) is 4.68 Å². The first kappa shape index (κ1) is 8.56. The monoisotopic (exact) mass is 181 g/mol. The number of rotatable bonds is 1. The second-order valence-corrected chi connectivity index (χ2v) is 3.53. The molecule has 4 nitrogen and oxygen atoms in total. The van der Waals surface area contributed by atoms with Crippen molar-refractivity contribution in [1.29, 1.82) is 0 Å². The van der Waals surface area contributed by atoms with Crippen LogP contribution in [0.5, 0.6) is 5.75 Å². The van der Waals surface area contributed by atoms with E-state index in [1.807, 2.05) is 4.68 Å². The maximum absolute atomic E-state index is 9.15. The molecule has 2 N–H and O–H groups in total. The third-order valence-corrected chi connectivity index (χ3v) is 2.48. The van der Waals surface area contributed by atoms with E-state index in [4.69, 9.17) is 5.11 Å². The molecule has 0 radical (unpaired) electrons. The second kappa shape index (κ2) is 3.79. The molecule has 2 heterocycles. The maximum Gasteiger partial charge on any atom is 0.153 e. The zero-order valence-corrected chi connectivity index (χ0v) is 7.61. The van der Waals surface area contributed by atoms with Crippen LogP contribution >= 0.6 is 0 Å². The number of nitrogens with one attached hydrogen (secondary N) is 1. The zero-order valence-electron chi connectivity index (χ0n) is 7.61. The fourth-order valence-electron chi connectivity index (χ4n) is 1.75. The van der Waals surface area contributed by atoms with Crippen LogP contribution in [0.2, 0.25) is 0 Å². The van der Waals surface area contributed by atoms with E-state index < -0.39 is 0 Å². The molecule has 0 aromatic carbocycles. The molecule has 1 saturated heterocycles. The van der Waals surface area contributed by atoms with Crippen LogP contribution in [0.15, 0.2) is 12.4 Å². The molecule has 0 amide bonds. The molecule has 4 heteroatoms. The van der Waals surface area contributed by atoms with Crippen molar-refractivity contribution >= 4 is 0 Å². The molecule has 72 valence electrons. The summed E-state index contributed by atoms with van der Waals surface area (Å²) in [5, 5.41) is 16.6. The highest BCUT2D eigenvalue weighted by molar-refractivity contribution is 5.09. The lowest BCUT2D eigenvalue weighted by Crippen LogP contribution is -2.23. The molecule has 1 atom stereocenters. The first-order valence-corrected chi connectivity index (χ1v) is 4.80. The van der Waals surface area contributed by atoms with Crippen LogP contribution in [0.4, 0.5) is 0 Å². The summed E-state index contributed by atoms with van der Waals surface area (Å²) in [5.41, 5.74) is 0. The van der Waals surface area contributed by atoms with Crippen LogP contribution in [-0.2, 0) is 0 Å². The molecular weight excluding hydrogens is 166 g/mol. The standard InChI is InChI=1S/C9H15N3O/c13-9-6-11-12(7-9)8-3-1-2-4-10-5-8/h6-8,10,13H,1-5H2. The van der Waals surface area contributed by atoms with Gasteiger partial charge in [-0.1, -0.05) is 6.42 Å². The van der Waals surface area contributed by atoms with Gasteiger partial charge in [-0.05, 0) is 19.4 Å². The van der Waals surface area contributed by atoms with Crippen molar-refractivity contribution < 1.29 is 5.11 Å². The Kier molecular flexibility index (Phi) is 2.49. The summed E-state index contributed by atoms with van der Waals surface area (Å²) >= 11 is 0. The van der Waals surface area contributed by atoms with Crippen molar-refractivity contribution in [2.45, 2.75) is 25.3 Å². The molecule has 1 aromatic heterocycles. The van der Waals surface area contributed by atoms with Gasteiger partial charge in [0.1, 0.15) is 0 Å². The topological polar surface area (TPSA) is 50.1 Å². The molecule has 1 aliphatic rings. The van der Waals surface area contributed by atoms with Gasteiger partial charge in [-0.25, -0.2) is 0 Å². The zero-order chi connectivity index (χ0) is 9.10. The highest BCUT2D eigenvalue weighted by Gasteiger charge is 2.14. The third kappa shape index (κ3) is 2.01. The van der Waals surface area contributed by atoms with Crippen molar-refractivity contribution in [2.75, 3.05) is 13.1 Å². The first-order valence-electron chi connectivity index (χ1n) is 4.80. The molecule has 0 aliphatic carbocycles. The van der Waals surface area contributed by atoms with E-state index in [0.29, 0.717) is 6.04 Å². The summed E-state index contributed by atoms with van der Waals surface area (Å²) in [6, 6.07) is 0.406. The number of nitrogens with zero attached hydrogens (tertiary/aromatic N) is 2. The molecule has 1 aromatic rings. The maximum atomic E-state index is 9.15. The Bertz CT molecular complexity index is 264. The Balaban J connectivity index is 2.06. The lowest BCUT2D eigenvalue weighted by molar-refractivity contribution is 0.417. The van der Waals surface area contributed by atoms with E-state index in [1.54, 1.807) is 6.20 Å². The largest absolute Gasteiger partial charge is 0.505 e. The van der Waals surface area contributed by atoms with Gasteiger partial charge in [-0.15, -0.1) is 0 Å².